The average Bonchev–Trinajstić information content (AvgIpc) is 2.59. The number of ketones is 1. The van der Waals surface area contributed by atoms with Crippen LogP contribution in [0.3, 0.4) is 0 Å². The van der Waals surface area contributed by atoms with E-state index in [1.54, 1.807) is 6.07 Å². The van der Waals surface area contributed by atoms with Crippen molar-refractivity contribution < 1.29 is 33.0 Å². The zero-order valence-corrected chi connectivity index (χ0v) is 14.0. The van der Waals surface area contributed by atoms with E-state index in [0.29, 0.717) is 0 Å². The van der Waals surface area contributed by atoms with E-state index in [1.807, 2.05) is 0 Å². The van der Waals surface area contributed by atoms with Crippen LogP contribution in [0.5, 0.6) is 5.75 Å². The Kier molecular flexibility index (Phi) is 5.49. The van der Waals surface area contributed by atoms with Gasteiger partial charge in [0, 0.05) is 12.0 Å². The minimum Gasteiger partial charge on any atom is -0.504 e. The van der Waals surface area contributed by atoms with Crippen LogP contribution >= 0.6 is 0 Å². The fourth-order valence-electron chi connectivity index (χ4n) is 2.42. The second-order valence-electron chi connectivity index (χ2n) is 5.71. The predicted octanol–water partition coefficient (Wildman–Crippen LogP) is 3.70. The molecule has 1 aromatic heterocycles. The Morgan fingerprint density at radius 3 is 2.41 bits per heavy atom. The number of aliphatic carboxylic acids is 1. The minimum absolute atomic E-state index is 0.0225. The fourth-order valence-corrected chi connectivity index (χ4v) is 2.42. The third kappa shape index (κ3) is 4.41. The van der Waals surface area contributed by atoms with Crippen LogP contribution in [0, 0.1) is 18.3 Å². The number of hydrogen-bond donors (Lipinski definition) is 2. The number of nitriles is 1. The summed E-state index contributed by atoms with van der Waals surface area (Å²) in [5.74, 6) is -2.71. The lowest BCUT2D eigenvalue weighted by Crippen LogP contribution is -2.08. The van der Waals surface area contributed by atoms with Crippen LogP contribution in [0.2, 0.25) is 0 Å². The monoisotopic (exact) mass is 378 g/mol. The lowest BCUT2D eigenvalue weighted by atomic mass is 9.99. The first kappa shape index (κ1) is 19.9. The van der Waals surface area contributed by atoms with Crippen LogP contribution in [0.1, 0.15) is 40.0 Å². The maximum Gasteiger partial charge on any atom is 0.416 e. The zero-order valence-electron chi connectivity index (χ0n) is 14.0. The highest BCUT2D eigenvalue weighted by Crippen LogP contribution is 2.34. The summed E-state index contributed by atoms with van der Waals surface area (Å²) in [6.45, 7) is 1.41. The average molecular weight is 378 g/mol. The molecule has 2 aromatic rings. The standard InChI is InChI=1S/C18H13F3N2O4/c1-9-6-11(18(19,20)21)2-3-12(9)13-7-10(8-22)17(27)16(23-13)14(24)4-5-15(25)26/h2-3,6-7,27H,4-5H2,1H3,(H,25,26). The number of hydrogen-bond acceptors (Lipinski definition) is 5. The maximum atomic E-state index is 12.8. The number of aryl methyl sites for hydroxylation is 1. The van der Waals surface area contributed by atoms with Gasteiger partial charge in [-0.1, -0.05) is 6.07 Å². The normalized spacial score (nSPS) is 11.1. The number of benzene rings is 1. The SMILES string of the molecule is Cc1cc(C(F)(F)F)ccc1-c1cc(C#N)c(O)c(C(=O)CCC(=O)O)n1. The molecule has 6 nitrogen and oxygen atoms in total. The molecule has 0 radical (unpaired) electrons. The van der Waals surface area contributed by atoms with Gasteiger partial charge in [0.2, 0.25) is 0 Å². The molecule has 0 amide bonds. The number of aromatic nitrogens is 1. The predicted molar refractivity (Wildman–Crippen MR) is 87.0 cm³/mol. The highest BCUT2D eigenvalue weighted by atomic mass is 19.4. The van der Waals surface area contributed by atoms with Crippen molar-refractivity contribution in [3.63, 3.8) is 0 Å². The number of pyridine rings is 1. The van der Waals surface area contributed by atoms with Gasteiger partial charge in [0.25, 0.3) is 0 Å². The first-order valence-electron chi connectivity index (χ1n) is 7.62. The van der Waals surface area contributed by atoms with Crippen LogP contribution in [0.15, 0.2) is 24.3 Å². The van der Waals surface area contributed by atoms with Crippen LogP contribution in [-0.2, 0) is 11.0 Å². The number of carbonyl (C=O) groups excluding carboxylic acids is 1. The molecule has 1 aromatic carbocycles. The number of carboxylic acid groups (broad SMARTS) is 1. The van der Waals surface area contributed by atoms with E-state index in [9.17, 15) is 27.9 Å². The molecule has 2 rings (SSSR count). The topological polar surface area (TPSA) is 111 Å². The van der Waals surface area contributed by atoms with Crippen LogP contribution in [0.4, 0.5) is 13.2 Å². The quantitative estimate of drug-likeness (QED) is 0.768. The third-order valence-electron chi connectivity index (χ3n) is 3.77. The van der Waals surface area contributed by atoms with Gasteiger partial charge in [-0.25, -0.2) is 4.98 Å². The van der Waals surface area contributed by atoms with Gasteiger partial charge in [-0.15, -0.1) is 0 Å². The van der Waals surface area contributed by atoms with E-state index in [2.05, 4.69) is 4.98 Å². The first-order valence-corrected chi connectivity index (χ1v) is 7.62. The number of nitrogens with zero attached hydrogens (tertiary/aromatic N) is 2. The second kappa shape index (κ2) is 7.45. The minimum atomic E-state index is -4.53. The Bertz CT molecular complexity index is 962. The van der Waals surface area contributed by atoms with Crippen molar-refractivity contribution >= 4 is 11.8 Å². The summed E-state index contributed by atoms with van der Waals surface area (Å²) in [5.41, 5.74) is -1.18. The second-order valence-corrected chi connectivity index (χ2v) is 5.71. The molecule has 0 aliphatic heterocycles. The van der Waals surface area contributed by atoms with Gasteiger partial charge in [-0.05, 0) is 30.7 Å². The smallest absolute Gasteiger partial charge is 0.416 e. The van der Waals surface area contributed by atoms with Crippen molar-refractivity contribution in [2.75, 3.05) is 0 Å². The van der Waals surface area contributed by atoms with Gasteiger partial charge in [-0.2, -0.15) is 18.4 Å². The molecule has 0 saturated heterocycles. The molecular formula is C18H13F3N2O4. The van der Waals surface area contributed by atoms with E-state index < -0.39 is 47.8 Å². The van der Waals surface area contributed by atoms with Gasteiger partial charge in [0.15, 0.2) is 11.5 Å². The van der Waals surface area contributed by atoms with E-state index in [1.165, 1.54) is 6.92 Å². The number of Topliss-reactive ketones (excluding diaryl/α,β-unsaturated/α-hetero) is 1. The van der Waals surface area contributed by atoms with Gasteiger partial charge in [-0.3, -0.25) is 9.59 Å². The van der Waals surface area contributed by atoms with Crippen molar-refractivity contribution in [1.29, 1.82) is 5.26 Å². The summed E-state index contributed by atoms with van der Waals surface area (Å²) >= 11 is 0. The van der Waals surface area contributed by atoms with Crippen LogP contribution in [-0.4, -0.2) is 26.9 Å². The molecule has 0 unspecified atom stereocenters. The Balaban J connectivity index is 2.55. The summed E-state index contributed by atoms with van der Waals surface area (Å²) in [6.07, 6.45) is -5.47. The van der Waals surface area contributed by atoms with E-state index in [-0.39, 0.29) is 22.4 Å². The molecule has 0 atom stereocenters. The number of carboxylic acids is 1. The Morgan fingerprint density at radius 2 is 1.89 bits per heavy atom. The van der Waals surface area contributed by atoms with Crippen LogP contribution in [0.25, 0.3) is 11.3 Å². The maximum absolute atomic E-state index is 12.8. The molecule has 140 valence electrons. The van der Waals surface area contributed by atoms with Gasteiger partial charge >= 0.3 is 12.1 Å². The van der Waals surface area contributed by atoms with Crippen molar-refractivity contribution in [2.24, 2.45) is 0 Å². The summed E-state index contributed by atoms with van der Waals surface area (Å²) in [7, 11) is 0. The highest BCUT2D eigenvalue weighted by molar-refractivity contribution is 5.99. The largest absolute Gasteiger partial charge is 0.504 e. The molecule has 0 fully saturated rings. The number of halogens is 3. The Labute approximate surface area is 151 Å². The molecule has 0 saturated carbocycles. The van der Waals surface area contributed by atoms with Gasteiger partial charge < -0.3 is 10.2 Å². The molecule has 1 heterocycles. The lowest BCUT2D eigenvalue weighted by Gasteiger charge is -2.12. The van der Waals surface area contributed by atoms with Crippen LogP contribution < -0.4 is 0 Å². The zero-order chi connectivity index (χ0) is 20.4. The van der Waals surface area contributed by atoms with Crippen molar-refractivity contribution in [3.05, 3.63) is 46.6 Å². The number of alkyl halides is 3. The first-order chi connectivity index (χ1) is 12.5. The van der Waals surface area contributed by atoms with Gasteiger partial charge in [0.1, 0.15) is 11.8 Å². The van der Waals surface area contributed by atoms with E-state index in [4.69, 9.17) is 10.4 Å². The van der Waals surface area contributed by atoms with Crippen molar-refractivity contribution in [1.82, 2.24) is 4.98 Å². The molecule has 9 heteroatoms. The number of rotatable bonds is 5. The van der Waals surface area contributed by atoms with E-state index >= 15 is 0 Å². The number of aromatic hydroxyl groups is 1. The molecule has 0 aliphatic rings. The fraction of sp³-hybridized carbons (Fsp3) is 0.222. The highest BCUT2D eigenvalue weighted by Gasteiger charge is 2.31. The molecule has 0 aliphatic carbocycles. The van der Waals surface area contributed by atoms with Gasteiger partial charge in [0.05, 0.1) is 23.2 Å². The van der Waals surface area contributed by atoms with Crippen molar-refractivity contribution in [3.8, 4) is 23.1 Å². The molecule has 0 bridgehead atoms. The molecule has 0 spiro atoms. The molecule has 27 heavy (non-hydrogen) atoms. The summed E-state index contributed by atoms with van der Waals surface area (Å²) in [4.78, 5) is 26.7. The van der Waals surface area contributed by atoms with E-state index in [0.717, 1.165) is 24.3 Å². The molecular weight excluding hydrogens is 365 g/mol. The Morgan fingerprint density at radius 1 is 1.22 bits per heavy atom. The summed E-state index contributed by atoms with van der Waals surface area (Å²) in [5, 5.41) is 27.8. The Hall–Kier alpha value is -3.41. The lowest BCUT2D eigenvalue weighted by molar-refractivity contribution is -0.138. The third-order valence-corrected chi connectivity index (χ3v) is 3.77. The van der Waals surface area contributed by atoms with Crippen molar-refractivity contribution in [2.45, 2.75) is 25.9 Å². The summed E-state index contributed by atoms with van der Waals surface area (Å²) in [6, 6.07) is 5.74. The number of carbonyl (C=O) groups is 2. The summed E-state index contributed by atoms with van der Waals surface area (Å²) < 4.78 is 38.4. The molecule has 2 N–H and O–H groups in total.